The summed E-state index contributed by atoms with van der Waals surface area (Å²) >= 11 is 0. The fraction of sp³-hybridized carbons (Fsp3) is 0.333. The summed E-state index contributed by atoms with van der Waals surface area (Å²) in [6.45, 7) is 0.548. The molecule has 0 aromatic rings. The number of hydrogen-bond acceptors (Lipinski definition) is 5. The molecule has 5 nitrogen and oxygen atoms in total. The largest absolute Gasteiger partial charge is 0.464 e. The van der Waals surface area contributed by atoms with Gasteiger partial charge in [0.2, 0.25) is 0 Å². The number of esters is 1. The Balaban J connectivity index is 2.78. The minimum absolute atomic E-state index is 0.138. The molecule has 0 radical (unpaired) electrons. The number of hydrogen-bond donors (Lipinski definition) is 2. The van der Waals surface area contributed by atoms with E-state index in [-0.39, 0.29) is 5.71 Å². The third-order valence-electron chi connectivity index (χ3n) is 1.26. The summed E-state index contributed by atoms with van der Waals surface area (Å²) in [6, 6.07) is 0. The normalized spacial score (nSPS) is 16.1. The lowest BCUT2D eigenvalue weighted by molar-refractivity contribution is -0.132. The van der Waals surface area contributed by atoms with Crippen molar-refractivity contribution in [3.8, 4) is 0 Å². The smallest absolute Gasteiger partial charge is 0.360 e. The molecule has 5 heteroatoms. The van der Waals surface area contributed by atoms with Crippen molar-refractivity contribution in [2.45, 2.75) is 0 Å². The van der Waals surface area contributed by atoms with Crippen molar-refractivity contribution in [2.75, 3.05) is 13.7 Å². The number of nitrogens with two attached hydrogens (primary N) is 1. The molecule has 0 fully saturated rings. The van der Waals surface area contributed by atoms with Crippen LogP contribution in [0.3, 0.4) is 0 Å². The molecule has 1 rings (SSSR count). The fourth-order valence-corrected chi connectivity index (χ4v) is 0.702. The number of carbonyl (C=O) groups excluding carboxylic acids is 1. The van der Waals surface area contributed by atoms with E-state index in [1.165, 1.54) is 7.11 Å². The van der Waals surface area contributed by atoms with Crippen LogP contribution in [0, 0.1) is 0 Å². The van der Waals surface area contributed by atoms with Gasteiger partial charge in [0.05, 0.1) is 19.4 Å². The van der Waals surface area contributed by atoms with Gasteiger partial charge in [-0.15, -0.1) is 0 Å². The molecule has 1 aliphatic heterocycles. The molecule has 0 spiro atoms. The van der Waals surface area contributed by atoms with Gasteiger partial charge < -0.3 is 15.9 Å². The molecule has 0 atom stereocenters. The zero-order valence-electron chi connectivity index (χ0n) is 6.13. The van der Waals surface area contributed by atoms with E-state index in [1.807, 2.05) is 0 Å². The van der Waals surface area contributed by atoms with Crippen LogP contribution < -0.4 is 11.2 Å². The lowest BCUT2D eigenvalue weighted by Gasteiger charge is -2.09. The molecule has 3 N–H and O–H groups in total. The highest BCUT2D eigenvalue weighted by molar-refractivity contribution is 6.43. The van der Waals surface area contributed by atoms with Crippen molar-refractivity contribution in [2.24, 2.45) is 10.8 Å². The maximum absolute atomic E-state index is 10.9. The summed E-state index contributed by atoms with van der Waals surface area (Å²) in [5.74, 6) is -0.522. The van der Waals surface area contributed by atoms with Gasteiger partial charge >= 0.3 is 5.97 Å². The molecule has 0 saturated carbocycles. The standard InChI is InChI=1S/C6H9N3O2/c1-11-6(10)5-4(7)2-3-8-9-5/h2,8H,3,7H2,1H3. The van der Waals surface area contributed by atoms with E-state index in [9.17, 15) is 4.79 Å². The molecule has 0 aromatic carbocycles. The number of ether oxygens (including phenoxy) is 1. The number of carbonyl (C=O) groups is 1. The van der Waals surface area contributed by atoms with Crippen molar-refractivity contribution >= 4 is 11.7 Å². The maximum atomic E-state index is 10.9. The summed E-state index contributed by atoms with van der Waals surface area (Å²) in [5.41, 5.74) is 8.55. The van der Waals surface area contributed by atoms with Crippen LogP contribution in [0.15, 0.2) is 16.9 Å². The van der Waals surface area contributed by atoms with Gasteiger partial charge in [0.25, 0.3) is 0 Å². The Labute approximate surface area is 63.9 Å². The molecule has 60 valence electrons. The van der Waals surface area contributed by atoms with E-state index < -0.39 is 5.97 Å². The van der Waals surface area contributed by atoms with E-state index >= 15 is 0 Å². The highest BCUT2D eigenvalue weighted by Crippen LogP contribution is 1.96. The molecule has 0 bridgehead atoms. The lowest BCUT2D eigenvalue weighted by atomic mass is 10.2. The third kappa shape index (κ3) is 1.49. The first-order valence-corrected chi connectivity index (χ1v) is 3.10. The van der Waals surface area contributed by atoms with Gasteiger partial charge in [0.15, 0.2) is 5.71 Å². The molecule has 0 amide bonds. The Hall–Kier alpha value is -1.52. The minimum atomic E-state index is -0.522. The molecular weight excluding hydrogens is 146 g/mol. The number of nitrogens with one attached hydrogen (secondary N) is 1. The second-order valence-corrected chi connectivity index (χ2v) is 1.97. The van der Waals surface area contributed by atoms with Crippen LogP contribution in [0.5, 0.6) is 0 Å². The number of rotatable bonds is 1. The monoisotopic (exact) mass is 155 g/mol. The van der Waals surface area contributed by atoms with Crippen LogP contribution in [0.1, 0.15) is 0 Å². The van der Waals surface area contributed by atoms with Crippen molar-refractivity contribution in [3.05, 3.63) is 11.8 Å². The van der Waals surface area contributed by atoms with E-state index in [0.717, 1.165) is 0 Å². The van der Waals surface area contributed by atoms with Crippen molar-refractivity contribution in [3.63, 3.8) is 0 Å². The van der Waals surface area contributed by atoms with Gasteiger partial charge in [0, 0.05) is 0 Å². The second-order valence-electron chi connectivity index (χ2n) is 1.97. The number of hydrazone groups is 1. The SMILES string of the molecule is COC(=O)C1=NNCC=C1N. The maximum Gasteiger partial charge on any atom is 0.360 e. The summed E-state index contributed by atoms with van der Waals surface area (Å²) in [5, 5.41) is 3.68. The molecule has 1 heterocycles. The fourth-order valence-electron chi connectivity index (χ4n) is 0.702. The van der Waals surface area contributed by atoms with Gasteiger partial charge in [-0.3, -0.25) is 0 Å². The zero-order chi connectivity index (χ0) is 8.27. The molecule has 0 aromatic heterocycles. The van der Waals surface area contributed by atoms with E-state index in [1.54, 1.807) is 6.08 Å². The molecule has 1 aliphatic rings. The van der Waals surface area contributed by atoms with Crippen LogP contribution in [-0.4, -0.2) is 25.3 Å². The van der Waals surface area contributed by atoms with Gasteiger partial charge in [0.1, 0.15) is 0 Å². The predicted molar refractivity (Wildman–Crippen MR) is 39.7 cm³/mol. The molecule has 0 unspecified atom stereocenters. The Bertz CT molecular complexity index is 232. The summed E-state index contributed by atoms with van der Waals surface area (Å²) in [6.07, 6.45) is 1.67. The molecule has 0 saturated heterocycles. The lowest BCUT2D eigenvalue weighted by Crippen LogP contribution is -2.30. The van der Waals surface area contributed by atoms with Crippen LogP contribution in [0.2, 0.25) is 0 Å². The first-order chi connectivity index (χ1) is 5.25. The summed E-state index contributed by atoms with van der Waals surface area (Å²) in [4.78, 5) is 10.9. The highest BCUT2D eigenvalue weighted by Gasteiger charge is 2.16. The van der Waals surface area contributed by atoms with Crippen LogP contribution in [-0.2, 0) is 9.53 Å². The Morgan fingerprint density at radius 1 is 1.91 bits per heavy atom. The quantitative estimate of drug-likeness (QED) is 0.474. The van der Waals surface area contributed by atoms with E-state index in [0.29, 0.717) is 12.2 Å². The Kier molecular flexibility index (Phi) is 2.10. The van der Waals surface area contributed by atoms with E-state index in [2.05, 4.69) is 15.3 Å². The zero-order valence-corrected chi connectivity index (χ0v) is 6.13. The van der Waals surface area contributed by atoms with Gasteiger partial charge in [-0.2, -0.15) is 5.10 Å². The van der Waals surface area contributed by atoms with Gasteiger partial charge in [-0.25, -0.2) is 4.79 Å². The molecule has 11 heavy (non-hydrogen) atoms. The average molecular weight is 155 g/mol. The Morgan fingerprint density at radius 2 is 2.64 bits per heavy atom. The van der Waals surface area contributed by atoms with Crippen molar-refractivity contribution in [1.82, 2.24) is 5.43 Å². The average Bonchev–Trinajstić information content (AvgIpc) is 2.04. The molecular formula is C6H9N3O2. The van der Waals surface area contributed by atoms with Crippen molar-refractivity contribution < 1.29 is 9.53 Å². The third-order valence-corrected chi connectivity index (χ3v) is 1.26. The predicted octanol–water partition coefficient (Wildman–Crippen LogP) is -1.04. The highest BCUT2D eigenvalue weighted by atomic mass is 16.5. The number of nitrogens with zero attached hydrogens (tertiary/aromatic N) is 1. The van der Waals surface area contributed by atoms with E-state index in [4.69, 9.17) is 5.73 Å². The summed E-state index contributed by atoms with van der Waals surface area (Å²) < 4.78 is 4.43. The van der Waals surface area contributed by atoms with Gasteiger partial charge in [-0.1, -0.05) is 0 Å². The topological polar surface area (TPSA) is 76.7 Å². The van der Waals surface area contributed by atoms with Crippen molar-refractivity contribution in [1.29, 1.82) is 0 Å². The molecule has 0 aliphatic carbocycles. The summed E-state index contributed by atoms with van der Waals surface area (Å²) in [7, 11) is 1.28. The minimum Gasteiger partial charge on any atom is -0.464 e. The number of methoxy groups -OCH3 is 1. The second kappa shape index (κ2) is 3.05. The first kappa shape index (κ1) is 7.59. The Morgan fingerprint density at radius 3 is 3.18 bits per heavy atom. The van der Waals surface area contributed by atoms with Crippen LogP contribution in [0.25, 0.3) is 0 Å². The van der Waals surface area contributed by atoms with Crippen LogP contribution in [0.4, 0.5) is 0 Å². The first-order valence-electron chi connectivity index (χ1n) is 3.10. The van der Waals surface area contributed by atoms with Gasteiger partial charge in [-0.05, 0) is 6.08 Å². The van der Waals surface area contributed by atoms with Crippen LogP contribution >= 0.6 is 0 Å².